The highest BCUT2D eigenvalue weighted by atomic mass is 19.4. The summed E-state index contributed by atoms with van der Waals surface area (Å²) in [5.74, 6) is -1.37. The van der Waals surface area contributed by atoms with E-state index in [1.165, 1.54) is 0 Å². The van der Waals surface area contributed by atoms with Gasteiger partial charge in [-0.1, -0.05) is 24.3 Å². The number of aliphatic carboxylic acids is 1. The molecule has 10 nitrogen and oxygen atoms in total. The molecular formula is C28H37F4N3O7. The van der Waals surface area contributed by atoms with Crippen molar-refractivity contribution in [2.24, 2.45) is 0 Å². The normalized spacial score (nSPS) is 16.5. The maximum Gasteiger partial charge on any atom is 0.490 e. The lowest BCUT2D eigenvalue weighted by Gasteiger charge is -2.29. The van der Waals surface area contributed by atoms with Crippen molar-refractivity contribution in [2.75, 3.05) is 40.0 Å². The first kappa shape index (κ1) is 34.6. The van der Waals surface area contributed by atoms with E-state index in [4.69, 9.17) is 19.4 Å². The number of rotatable bonds is 13. The molecular weight excluding hydrogens is 566 g/mol. The first-order chi connectivity index (χ1) is 19.9. The number of hydrogen-bond donors (Lipinski definition) is 5. The van der Waals surface area contributed by atoms with Crippen LogP contribution in [0.4, 0.5) is 22.4 Å². The number of carboxylic acids is 1. The van der Waals surface area contributed by atoms with Gasteiger partial charge in [-0.25, -0.2) is 9.59 Å². The fourth-order valence-electron chi connectivity index (χ4n) is 4.01. The molecule has 3 rings (SSSR count). The maximum atomic E-state index is 12.7. The second-order valence-electron chi connectivity index (χ2n) is 9.54. The minimum atomic E-state index is -5.08. The van der Waals surface area contributed by atoms with Crippen molar-refractivity contribution in [1.82, 2.24) is 15.5 Å². The number of hydrogen-bond acceptors (Lipinski definition) is 7. The number of aliphatic hydroxyl groups excluding tert-OH is 2. The van der Waals surface area contributed by atoms with Gasteiger partial charge >= 0.3 is 18.2 Å². The van der Waals surface area contributed by atoms with Crippen molar-refractivity contribution in [3.05, 3.63) is 59.7 Å². The summed E-state index contributed by atoms with van der Waals surface area (Å²) < 4.78 is 54.7. The summed E-state index contributed by atoms with van der Waals surface area (Å²) in [6.07, 6.45) is -4.66. The topological polar surface area (TPSA) is 141 Å². The van der Waals surface area contributed by atoms with Crippen molar-refractivity contribution in [3.63, 3.8) is 0 Å². The number of halogens is 4. The second-order valence-corrected chi connectivity index (χ2v) is 9.54. The van der Waals surface area contributed by atoms with Crippen molar-refractivity contribution < 1.29 is 51.9 Å². The lowest BCUT2D eigenvalue weighted by atomic mass is 10.0. The number of ether oxygens (including phenoxy) is 2. The van der Waals surface area contributed by atoms with Crippen molar-refractivity contribution in [1.29, 1.82) is 0 Å². The highest BCUT2D eigenvalue weighted by molar-refractivity contribution is 5.74. The van der Waals surface area contributed by atoms with Gasteiger partial charge in [0.15, 0.2) is 0 Å². The number of unbranched alkanes of at least 4 members (excludes halogenated alkanes) is 1. The molecule has 0 radical (unpaired) electrons. The average molecular weight is 604 g/mol. The van der Waals surface area contributed by atoms with Gasteiger partial charge in [0, 0.05) is 26.2 Å². The smallest absolute Gasteiger partial charge is 0.490 e. The standard InChI is InChI=1S/C26H36FN3O5.C2HF3O2/c1-34-22-8-4-19(5-9-22)16-28-26(33)29-24(18-30-14-12-21(31)17-30)25(32)20-6-10-23(11-7-20)35-15-3-2-13-27;3-2(4,5)1(6)7/h4-11,21,24-25,31-32H,2-3,12-18H2,1H3,(H2,28,29,33);(H,6,7)/t21-,24+,25+;/m0./s1. The van der Waals surface area contributed by atoms with Crippen LogP contribution in [0.3, 0.4) is 0 Å². The van der Waals surface area contributed by atoms with Gasteiger partial charge in [-0.15, -0.1) is 0 Å². The highest BCUT2D eigenvalue weighted by Crippen LogP contribution is 2.23. The molecule has 2 aromatic carbocycles. The minimum Gasteiger partial charge on any atom is -0.497 e. The molecule has 0 spiro atoms. The van der Waals surface area contributed by atoms with E-state index in [0.717, 1.165) is 11.3 Å². The number of urea groups is 1. The van der Waals surface area contributed by atoms with E-state index < -0.39 is 36.4 Å². The Morgan fingerprint density at radius 2 is 1.69 bits per heavy atom. The van der Waals surface area contributed by atoms with Crippen LogP contribution in [0.2, 0.25) is 0 Å². The lowest BCUT2D eigenvalue weighted by molar-refractivity contribution is -0.192. The summed E-state index contributed by atoms with van der Waals surface area (Å²) >= 11 is 0. The molecule has 0 aromatic heterocycles. The quantitative estimate of drug-likeness (QED) is 0.173. The third-order valence-corrected chi connectivity index (χ3v) is 6.27. The average Bonchev–Trinajstić information content (AvgIpc) is 3.38. The van der Waals surface area contributed by atoms with Gasteiger partial charge in [0.2, 0.25) is 0 Å². The first-order valence-corrected chi connectivity index (χ1v) is 13.3. The van der Waals surface area contributed by atoms with Crippen LogP contribution < -0.4 is 20.1 Å². The molecule has 3 atom stereocenters. The molecule has 42 heavy (non-hydrogen) atoms. The summed E-state index contributed by atoms with van der Waals surface area (Å²) in [6, 6.07) is 13.5. The summed E-state index contributed by atoms with van der Waals surface area (Å²) in [6.45, 7) is 2.01. The molecule has 0 bridgehead atoms. The number of likely N-dealkylation sites (tertiary alicyclic amines) is 1. The molecule has 0 aliphatic carbocycles. The molecule has 0 unspecified atom stereocenters. The third-order valence-electron chi connectivity index (χ3n) is 6.27. The second kappa shape index (κ2) is 17.4. The minimum absolute atomic E-state index is 0.329. The number of benzene rings is 2. The highest BCUT2D eigenvalue weighted by Gasteiger charge is 2.38. The van der Waals surface area contributed by atoms with Crippen LogP contribution in [0, 0.1) is 0 Å². The monoisotopic (exact) mass is 603 g/mol. The molecule has 0 saturated carbocycles. The van der Waals surface area contributed by atoms with Gasteiger partial charge in [0.05, 0.1) is 32.5 Å². The van der Waals surface area contributed by atoms with Crippen molar-refractivity contribution in [3.8, 4) is 11.5 Å². The van der Waals surface area contributed by atoms with E-state index >= 15 is 0 Å². The summed E-state index contributed by atoms with van der Waals surface area (Å²) in [4.78, 5) is 23.6. The Hall–Kier alpha value is -3.62. The van der Waals surface area contributed by atoms with E-state index in [1.807, 2.05) is 29.2 Å². The molecule has 2 aromatic rings. The lowest BCUT2D eigenvalue weighted by Crippen LogP contribution is -2.50. The van der Waals surface area contributed by atoms with E-state index in [9.17, 15) is 32.6 Å². The number of nitrogens with zero attached hydrogens (tertiary/aromatic N) is 1. The van der Waals surface area contributed by atoms with Crippen LogP contribution >= 0.6 is 0 Å². The molecule has 1 fully saturated rings. The molecule has 1 saturated heterocycles. The number of aliphatic hydroxyl groups is 2. The molecule has 2 amide bonds. The van der Waals surface area contributed by atoms with E-state index in [-0.39, 0.29) is 6.67 Å². The summed E-state index contributed by atoms with van der Waals surface area (Å²) in [7, 11) is 1.60. The number of methoxy groups -OCH3 is 1. The molecule has 1 aliphatic heterocycles. The van der Waals surface area contributed by atoms with Crippen LogP contribution in [0.15, 0.2) is 48.5 Å². The van der Waals surface area contributed by atoms with Crippen LogP contribution in [0.25, 0.3) is 0 Å². The largest absolute Gasteiger partial charge is 0.497 e. The number of carbonyl (C=O) groups is 2. The molecule has 14 heteroatoms. The summed E-state index contributed by atoms with van der Waals surface area (Å²) in [5.41, 5.74) is 1.56. The van der Waals surface area contributed by atoms with E-state index in [1.54, 1.807) is 31.4 Å². The number of nitrogens with one attached hydrogen (secondary N) is 2. The number of carbonyl (C=O) groups excluding carboxylic acids is 1. The zero-order valence-electron chi connectivity index (χ0n) is 23.1. The predicted molar refractivity (Wildman–Crippen MR) is 145 cm³/mol. The number of carboxylic acid groups (broad SMARTS) is 1. The Morgan fingerprint density at radius 3 is 2.21 bits per heavy atom. The zero-order valence-corrected chi connectivity index (χ0v) is 23.1. The Bertz CT molecular complexity index is 1090. The van der Waals surface area contributed by atoms with Crippen molar-refractivity contribution in [2.45, 2.75) is 50.2 Å². The van der Waals surface area contributed by atoms with Gasteiger partial charge in [-0.05, 0) is 54.7 Å². The SMILES string of the molecule is COc1ccc(CNC(=O)N[C@H](CN2CC[C@H](O)C2)[C@H](O)c2ccc(OCCCCF)cc2)cc1.O=C(O)C(F)(F)F. The number of alkyl halides is 4. The molecule has 1 aliphatic rings. The zero-order chi connectivity index (χ0) is 31.1. The van der Waals surface area contributed by atoms with Gasteiger partial charge in [-0.3, -0.25) is 9.29 Å². The molecule has 5 N–H and O–H groups in total. The van der Waals surface area contributed by atoms with E-state index in [0.29, 0.717) is 63.4 Å². The Balaban J connectivity index is 0.000000782. The Morgan fingerprint density at radius 1 is 1.07 bits per heavy atom. The maximum absolute atomic E-state index is 12.7. The Kier molecular flexibility index (Phi) is 14.3. The number of β-amino-alcohol motifs (C(OH)–C–C–N with tert-alkyl or cyclic N) is 1. The number of amides is 2. The fourth-order valence-corrected chi connectivity index (χ4v) is 4.01. The van der Waals surface area contributed by atoms with Crippen molar-refractivity contribution >= 4 is 12.0 Å². The van der Waals surface area contributed by atoms with Crippen LogP contribution in [-0.2, 0) is 11.3 Å². The van der Waals surface area contributed by atoms with Crippen LogP contribution in [0.1, 0.15) is 36.5 Å². The third kappa shape index (κ3) is 12.5. The summed E-state index contributed by atoms with van der Waals surface area (Å²) in [5, 5.41) is 33.8. The van der Waals surface area contributed by atoms with Gasteiger partial charge < -0.3 is 35.4 Å². The van der Waals surface area contributed by atoms with Crippen LogP contribution in [0.5, 0.6) is 11.5 Å². The van der Waals surface area contributed by atoms with Gasteiger partial charge in [0.1, 0.15) is 17.6 Å². The molecule has 1 heterocycles. The predicted octanol–water partition coefficient (Wildman–Crippen LogP) is 3.43. The van der Waals surface area contributed by atoms with Crippen LogP contribution in [-0.4, -0.2) is 90.6 Å². The van der Waals surface area contributed by atoms with E-state index in [2.05, 4.69) is 10.6 Å². The fraction of sp³-hybridized carbons (Fsp3) is 0.500. The molecule has 234 valence electrons. The van der Waals surface area contributed by atoms with Gasteiger partial charge in [-0.2, -0.15) is 13.2 Å². The van der Waals surface area contributed by atoms with Gasteiger partial charge in [0.25, 0.3) is 0 Å². The first-order valence-electron chi connectivity index (χ1n) is 13.3. The Labute approximate surface area is 241 Å².